The largest absolute Gasteiger partial charge is 0.376 e. The second kappa shape index (κ2) is 5.96. The van der Waals surface area contributed by atoms with Gasteiger partial charge in [0.15, 0.2) is 0 Å². The molecule has 0 aliphatic carbocycles. The summed E-state index contributed by atoms with van der Waals surface area (Å²) in [5, 5.41) is 2.94. The summed E-state index contributed by atoms with van der Waals surface area (Å²) in [6, 6.07) is 7.44. The molecule has 6 nitrogen and oxygen atoms in total. The minimum atomic E-state index is -0.180. The van der Waals surface area contributed by atoms with Gasteiger partial charge in [-0.2, -0.15) is 0 Å². The summed E-state index contributed by atoms with van der Waals surface area (Å²) in [4.78, 5) is 24.5. The molecule has 22 heavy (non-hydrogen) atoms. The standard InChI is InChI=1S/C16H21N3O3/c1-11(14-8-5-9-22-14)17-15(20)10-19-13-7-4-3-6-12(13)18(2)16(19)21/h3-4,6-7,11,14H,5,8-10H2,1-2H3,(H,17,20)/t11-,14+/m1/s1. The quantitative estimate of drug-likeness (QED) is 0.917. The fourth-order valence-electron chi connectivity index (χ4n) is 3.05. The van der Waals surface area contributed by atoms with Gasteiger partial charge in [0.25, 0.3) is 0 Å². The van der Waals surface area contributed by atoms with Crippen molar-refractivity contribution in [3.8, 4) is 0 Å². The van der Waals surface area contributed by atoms with E-state index < -0.39 is 0 Å². The summed E-state index contributed by atoms with van der Waals surface area (Å²) in [7, 11) is 1.72. The number of para-hydroxylation sites is 2. The number of aromatic nitrogens is 2. The molecular weight excluding hydrogens is 282 g/mol. The second-order valence-corrected chi connectivity index (χ2v) is 5.82. The van der Waals surface area contributed by atoms with Gasteiger partial charge in [0.05, 0.1) is 23.2 Å². The van der Waals surface area contributed by atoms with Crippen LogP contribution < -0.4 is 11.0 Å². The van der Waals surface area contributed by atoms with Crippen molar-refractivity contribution in [1.29, 1.82) is 0 Å². The van der Waals surface area contributed by atoms with E-state index in [4.69, 9.17) is 4.74 Å². The number of fused-ring (bicyclic) bond motifs is 1. The van der Waals surface area contributed by atoms with E-state index >= 15 is 0 Å². The number of nitrogens with one attached hydrogen (secondary N) is 1. The van der Waals surface area contributed by atoms with E-state index in [1.54, 1.807) is 11.6 Å². The predicted octanol–water partition coefficient (Wildman–Crippen LogP) is 1.02. The van der Waals surface area contributed by atoms with Gasteiger partial charge in [-0.15, -0.1) is 0 Å². The van der Waals surface area contributed by atoms with Crippen molar-refractivity contribution < 1.29 is 9.53 Å². The monoisotopic (exact) mass is 303 g/mol. The molecule has 1 fully saturated rings. The first kappa shape index (κ1) is 14.8. The van der Waals surface area contributed by atoms with Gasteiger partial charge in [0.2, 0.25) is 5.91 Å². The Hall–Kier alpha value is -2.08. The minimum Gasteiger partial charge on any atom is -0.376 e. The Bertz CT molecular complexity index is 741. The summed E-state index contributed by atoms with van der Waals surface area (Å²) < 4.78 is 8.64. The van der Waals surface area contributed by atoms with Crippen molar-refractivity contribution >= 4 is 16.9 Å². The first-order chi connectivity index (χ1) is 10.6. The third-order valence-corrected chi connectivity index (χ3v) is 4.26. The number of carbonyl (C=O) groups is 1. The van der Waals surface area contributed by atoms with E-state index in [1.807, 2.05) is 31.2 Å². The molecule has 0 spiro atoms. The van der Waals surface area contributed by atoms with Crippen LogP contribution in [0.3, 0.4) is 0 Å². The van der Waals surface area contributed by atoms with Crippen LogP contribution in [0.5, 0.6) is 0 Å². The molecule has 2 atom stereocenters. The van der Waals surface area contributed by atoms with Crippen LogP contribution in [0.1, 0.15) is 19.8 Å². The zero-order chi connectivity index (χ0) is 15.7. The SMILES string of the molecule is C[C@@H](NC(=O)Cn1c(=O)n(C)c2ccccc21)[C@@H]1CCCO1. The number of benzene rings is 1. The van der Waals surface area contributed by atoms with E-state index in [0.29, 0.717) is 0 Å². The van der Waals surface area contributed by atoms with Gasteiger partial charge in [-0.3, -0.25) is 13.9 Å². The highest BCUT2D eigenvalue weighted by molar-refractivity contribution is 5.81. The van der Waals surface area contributed by atoms with Gasteiger partial charge in [-0.05, 0) is 31.9 Å². The van der Waals surface area contributed by atoms with Crippen LogP contribution in [-0.4, -0.2) is 33.8 Å². The molecule has 0 radical (unpaired) electrons. The van der Waals surface area contributed by atoms with Crippen molar-refractivity contribution in [2.45, 2.75) is 38.5 Å². The lowest BCUT2D eigenvalue weighted by molar-refractivity contribution is -0.123. The molecule has 6 heteroatoms. The van der Waals surface area contributed by atoms with Gasteiger partial charge < -0.3 is 10.1 Å². The zero-order valence-corrected chi connectivity index (χ0v) is 12.9. The second-order valence-electron chi connectivity index (χ2n) is 5.82. The highest BCUT2D eigenvalue weighted by Gasteiger charge is 2.24. The lowest BCUT2D eigenvalue weighted by atomic mass is 10.1. The Morgan fingerprint density at radius 3 is 2.82 bits per heavy atom. The molecule has 1 N–H and O–H groups in total. The predicted molar refractivity (Wildman–Crippen MR) is 83.8 cm³/mol. The van der Waals surface area contributed by atoms with Crippen LogP contribution in [-0.2, 0) is 23.1 Å². The molecule has 1 amide bonds. The first-order valence-corrected chi connectivity index (χ1v) is 7.63. The molecule has 0 bridgehead atoms. The van der Waals surface area contributed by atoms with E-state index in [-0.39, 0.29) is 30.3 Å². The summed E-state index contributed by atoms with van der Waals surface area (Å²) in [6.07, 6.45) is 2.08. The molecule has 3 rings (SSSR count). The molecule has 1 aromatic heterocycles. The number of imidazole rings is 1. The maximum Gasteiger partial charge on any atom is 0.329 e. The number of ether oxygens (including phenoxy) is 1. The van der Waals surface area contributed by atoms with Gasteiger partial charge in [-0.25, -0.2) is 4.79 Å². The van der Waals surface area contributed by atoms with Gasteiger partial charge in [0, 0.05) is 13.7 Å². The molecule has 1 aliphatic rings. The van der Waals surface area contributed by atoms with Crippen LogP contribution in [0.15, 0.2) is 29.1 Å². The van der Waals surface area contributed by atoms with Crippen molar-refractivity contribution in [1.82, 2.24) is 14.5 Å². The first-order valence-electron chi connectivity index (χ1n) is 7.63. The van der Waals surface area contributed by atoms with Crippen LogP contribution in [0.2, 0.25) is 0 Å². The number of aryl methyl sites for hydroxylation is 1. The van der Waals surface area contributed by atoms with Crippen LogP contribution in [0.25, 0.3) is 11.0 Å². The van der Waals surface area contributed by atoms with Gasteiger partial charge in [0.1, 0.15) is 6.54 Å². The lowest BCUT2D eigenvalue weighted by Crippen LogP contribution is -2.43. The van der Waals surface area contributed by atoms with Gasteiger partial charge in [-0.1, -0.05) is 12.1 Å². The van der Waals surface area contributed by atoms with E-state index in [2.05, 4.69) is 5.32 Å². The molecule has 0 saturated carbocycles. The number of amides is 1. The number of nitrogens with zero attached hydrogens (tertiary/aromatic N) is 2. The summed E-state index contributed by atoms with van der Waals surface area (Å²) in [6.45, 7) is 2.73. The van der Waals surface area contributed by atoms with Gasteiger partial charge >= 0.3 is 5.69 Å². The highest BCUT2D eigenvalue weighted by atomic mass is 16.5. The number of rotatable bonds is 4. The Kier molecular flexibility index (Phi) is 4.02. The average Bonchev–Trinajstić information content (AvgIpc) is 3.12. The van der Waals surface area contributed by atoms with Crippen LogP contribution in [0.4, 0.5) is 0 Å². The number of hydrogen-bond donors (Lipinski definition) is 1. The molecule has 118 valence electrons. The highest BCUT2D eigenvalue weighted by Crippen LogP contribution is 2.15. The topological polar surface area (TPSA) is 65.3 Å². The normalized spacial score (nSPS) is 19.5. The third kappa shape index (κ3) is 2.66. The summed E-state index contributed by atoms with van der Waals surface area (Å²) in [5.41, 5.74) is 1.42. The third-order valence-electron chi connectivity index (χ3n) is 4.26. The molecule has 0 unspecified atom stereocenters. The minimum absolute atomic E-state index is 0.0250. The smallest absolute Gasteiger partial charge is 0.329 e. The molecule has 1 aromatic carbocycles. The van der Waals surface area contributed by atoms with Crippen molar-refractivity contribution in [2.24, 2.45) is 7.05 Å². The van der Waals surface area contributed by atoms with E-state index in [1.165, 1.54) is 4.57 Å². The van der Waals surface area contributed by atoms with Crippen molar-refractivity contribution in [2.75, 3.05) is 6.61 Å². The fourth-order valence-corrected chi connectivity index (χ4v) is 3.05. The number of carbonyl (C=O) groups excluding carboxylic acids is 1. The van der Waals surface area contributed by atoms with Crippen LogP contribution >= 0.6 is 0 Å². The van der Waals surface area contributed by atoms with E-state index in [9.17, 15) is 9.59 Å². The summed E-state index contributed by atoms with van der Waals surface area (Å²) >= 11 is 0. The summed E-state index contributed by atoms with van der Waals surface area (Å²) in [5.74, 6) is -0.165. The molecular formula is C16H21N3O3. The Morgan fingerprint density at radius 1 is 1.41 bits per heavy atom. The average molecular weight is 303 g/mol. The molecule has 1 saturated heterocycles. The lowest BCUT2D eigenvalue weighted by Gasteiger charge is -2.20. The Balaban J connectivity index is 1.77. The fraction of sp³-hybridized carbons (Fsp3) is 0.500. The van der Waals surface area contributed by atoms with Crippen molar-refractivity contribution in [3.05, 3.63) is 34.7 Å². The Labute approximate surface area is 128 Å². The number of hydrogen-bond acceptors (Lipinski definition) is 3. The zero-order valence-electron chi connectivity index (χ0n) is 12.9. The van der Waals surface area contributed by atoms with E-state index in [0.717, 1.165) is 30.5 Å². The van der Waals surface area contributed by atoms with Crippen molar-refractivity contribution in [3.63, 3.8) is 0 Å². The van der Waals surface area contributed by atoms with Crippen LogP contribution in [0, 0.1) is 0 Å². The molecule has 2 heterocycles. The Morgan fingerprint density at radius 2 is 2.14 bits per heavy atom. The maximum atomic E-state index is 12.3. The molecule has 1 aliphatic heterocycles. The molecule has 2 aromatic rings. The maximum absolute atomic E-state index is 12.3.